The van der Waals surface area contributed by atoms with Crippen molar-refractivity contribution in [2.75, 3.05) is 13.2 Å². The number of carbonyl (C=O) groups is 3. The zero-order valence-corrected chi connectivity index (χ0v) is 35.6. The molecule has 0 N–H and O–H groups in total. The van der Waals surface area contributed by atoms with Gasteiger partial charge in [-0.15, -0.1) is 0 Å². The van der Waals surface area contributed by atoms with Crippen LogP contribution in [0.25, 0.3) is 0 Å². The molecule has 0 rings (SSSR count). The quantitative estimate of drug-likeness (QED) is 0.0355. The Bertz CT molecular complexity index is 809. The molecule has 0 aliphatic carbocycles. The van der Waals surface area contributed by atoms with E-state index in [1.165, 1.54) is 122 Å². The molecular formula is C46H88O6. The summed E-state index contributed by atoms with van der Waals surface area (Å²) in [6.45, 7) is 13.6. The van der Waals surface area contributed by atoms with Gasteiger partial charge in [0, 0.05) is 19.3 Å². The highest BCUT2D eigenvalue weighted by Gasteiger charge is 2.19. The summed E-state index contributed by atoms with van der Waals surface area (Å²) < 4.78 is 16.7. The zero-order valence-electron chi connectivity index (χ0n) is 35.6. The maximum atomic E-state index is 12.7. The molecule has 2 atom stereocenters. The van der Waals surface area contributed by atoms with Gasteiger partial charge in [-0.1, -0.05) is 202 Å². The maximum absolute atomic E-state index is 12.7. The Kier molecular flexibility index (Phi) is 36.6. The van der Waals surface area contributed by atoms with Crippen molar-refractivity contribution < 1.29 is 28.6 Å². The molecule has 308 valence electrons. The van der Waals surface area contributed by atoms with E-state index in [-0.39, 0.29) is 31.1 Å². The molecule has 0 aliphatic rings. The van der Waals surface area contributed by atoms with Crippen LogP contribution in [0.3, 0.4) is 0 Å². The summed E-state index contributed by atoms with van der Waals surface area (Å²) in [4.78, 5) is 37.7. The van der Waals surface area contributed by atoms with E-state index in [1.807, 2.05) is 0 Å². The molecule has 0 aromatic rings. The van der Waals surface area contributed by atoms with E-state index in [9.17, 15) is 14.4 Å². The summed E-state index contributed by atoms with van der Waals surface area (Å²) in [5.74, 6) is 1.57. The Labute approximate surface area is 323 Å². The van der Waals surface area contributed by atoms with Gasteiger partial charge in [0.05, 0.1) is 0 Å². The minimum atomic E-state index is -0.762. The first-order chi connectivity index (χ1) is 25.1. The Morgan fingerprint density at radius 1 is 0.385 bits per heavy atom. The fourth-order valence-corrected chi connectivity index (χ4v) is 6.67. The fraction of sp³-hybridized carbons (Fsp3) is 0.935. The lowest BCUT2D eigenvalue weighted by molar-refractivity contribution is -0.167. The monoisotopic (exact) mass is 737 g/mol. The first-order valence-corrected chi connectivity index (χ1v) is 22.6. The fourth-order valence-electron chi connectivity index (χ4n) is 6.67. The predicted molar refractivity (Wildman–Crippen MR) is 219 cm³/mol. The summed E-state index contributed by atoms with van der Waals surface area (Å²) in [6, 6.07) is 0. The standard InChI is InChI=1S/C46H88O6/c1-7-42(6)34-28-22-16-11-12-17-23-29-35-44(47)50-38-43(39-51-45(48)36-30-24-19-13-15-21-27-33-41(4)5)52-46(49)37-31-25-18-10-8-9-14-20-26-32-40(2)3/h40-43H,7-39H2,1-6H3/t42?,43-/m1/s1. The smallest absolute Gasteiger partial charge is 0.306 e. The molecule has 0 fully saturated rings. The van der Waals surface area contributed by atoms with Crippen molar-refractivity contribution in [3.63, 3.8) is 0 Å². The van der Waals surface area contributed by atoms with Gasteiger partial charge in [-0.25, -0.2) is 0 Å². The number of esters is 3. The zero-order chi connectivity index (χ0) is 38.5. The molecule has 6 heteroatoms. The van der Waals surface area contributed by atoms with Crippen LogP contribution < -0.4 is 0 Å². The van der Waals surface area contributed by atoms with Crippen LogP contribution in [0.1, 0.15) is 241 Å². The lowest BCUT2D eigenvalue weighted by atomic mass is 9.99. The summed E-state index contributed by atoms with van der Waals surface area (Å²) in [5.41, 5.74) is 0. The molecule has 0 aromatic carbocycles. The van der Waals surface area contributed by atoms with E-state index in [2.05, 4.69) is 41.5 Å². The Balaban J connectivity index is 4.36. The second-order valence-electron chi connectivity index (χ2n) is 16.9. The van der Waals surface area contributed by atoms with Gasteiger partial charge in [0.15, 0.2) is 6.10 Å². The van der Waals surface area contributed by atoms with Crippen molar-refractivity contribution in [3.8, 4) is 0 Å². The van der Waals surface area contributed by atoms with E-state index < -0.39 is 6.10 Å². The van der Waals surface area contributed by atoms with Crippen molar-refractivity contribution >= 4 is 17.9 Å². The van der Waals surface area contributed by atoms with E-state index in [1.54, 1.807) is 0 Å². The van der Waals surface area contributed by atoms with Gasteiger partial charge in [-0.05, 0) is 37.0 Å². The SMILES string of the molecule is CCC(C)CCCCCCCCCCC(=O)OC[C@H](COC(=O)CCCCCCCCCC(C)C)OC(=O)CCCCCCCCCCCC(C)C. The average molecular weight is 737 g/mol. The van der Waals surface area contributed by atoms with Gasteiger partial charge < -0.3 is 14.2 Å². The van der Waals surface area contributed by atoms with Crippen molar-refractivity contribution in [1.82, 2.24) is 0 Å². The number of hydrogen-bond donors (Lipinski definition) is 0. The molecule has 0 saturated heterocycles. The van der Waals surface area contributed by atoms with Gasteiger partial charge in [0.25, 0.3) is 0 Å². The lowest BCUT2D eigenvalue weighted by Gasteiger charge is -2.18. The summed E-state index contributed by atoms with van der Waals surface area (Å²) in [6.07, 6.45) is 33.8. The highest BCUT2D eigenvalue weighted by atomic mass is 16.6. The van der Waals surface area contributed by atoms with Crippen LogP contribution in [-0.2, 0) is 28.6 Å². The van der Waals surface area contributed by atoms with Crippen LogP contribution in [0.15, 0.2) is 0 Å². The summed E-state index contributed by atoms with van der Waals surface area (Å²) >= 11 is 0. The molecule has 52 heavy (non-hydrogen) atoms. The minimum absolute atomic E-state index is 0.0670. The topological polar surface area (TPSA) is 78.9 Å². The van der Waals surface area contributed by atoms with E-state index >= 15 is 0 Å². The third kappa shape index (κ3) is 38.1. The maximum Gasteiger partial charge on any atom is 0.306 e. The van der Waals surface area contributed by atoms with E-state index in [0.29, 0.717) is 19.3 Å². The number of rotatable bonds is 39. The molecule has 0 bridgehead atoms. The summed E-state index contributed by atoms with van der Waals surface area (Å²) in [7, 11) is 0. The Morgan fingerprint density at radius 3 is 1.00 bits per heavy atom. The van der Waals surface area contributed by atoms with Gasteiger partial charge in [-0.2, -0.15) is 0 Å². The highest BCUT2D eigenvalue weighted by Crippen LogP contribution is 2.17. The van der Waals surface area contributed by atoms with Crippen LogP contribution in [0.4, 0.5) is 0 Å². The van der Waals surface area contributed by atoms with Crippen molar-refractivity contribution in [2.24, 2.45) is 17.8 Å². The lowest BCUT2D eigenvalue weighted by Crippen LogP contribution is -2.30. The average Bonchev–Trinajstić information content (AvgIpc) is 3.11. The largest absolute Gasteiger partial charge is 0.462 e. The van der Waals surface area contributed by atoms with Crippen molar-refractivity contribution in [1.29, 1.82) is 0 Å². The second-order valence-corrected chi connectivity index (χ2v) is 16.9. The van der Waals surface area contributed by atoms with Gasteiger partial charge in [0.1, 0.15) is 13.2 Å². The minimum Gasteiger partial charge on any atom is -0.462 e. The Morgan fingerprint density at radius 2 is 0.673 bits per heavy atom. The molecule has 0 aromatic heterocycles. The Hall–Kier alpha value is -1.59. The van der Waals surface area contributed by atoms with Crippen molar-refractivity contribution in [2.45, 2.75) is 247 Å². The number of carbonyl (C=O) groups excluding carboxylic acids is 3. The molecular weight excluding hydrogens is 648 g/mol. The van der Waals surface area contributed by atoms with Gasteiger partial charge in [0.2, 0.25) is 0 Å². The molecule has 6 nitrogen and oxygen atoms in total. The molecule has 0 heterocycles. The first kappa shape index (κ1) is 50.4. The normalized spacial score (nSPS) is 12.7. The number of unbranched alkanes of at least 4 members (excludes halogenated alkanes) is 21. The second kappa shape index (κ2) is 37.7. The molecule has 0 spiro atoms. The van der Waals surface area contributed by atoms with Crippen LogP contribution in [0.2, 0.25) is 0 Å². The van der Waals surface area contributed by atoms with Crippen molar-refractivity contribution in [3.05, 3.63) is 0 Å². The molecule has 0 amide bonds. The molecule has 0 radical (unpaired) electrons. The van der Waals surface area contributed by atoms with Crippen LogP contribution >= 0.6 is 0 Å². The molecule has 0 aliphatic heterocycles. The third-order valence-corrected chi connectivity index (χ3v) is 10.5. The van der Waals surface area contributed by atoms with Crippen LogP contribution in [0.5, 0.6) is 0 Å². The third-order valence-electron chi connectivity index (χ3n) is 10.5. The number of hydrogen-bond acceptors (Lipinski definition) is 6. The summed E-state index contributed by atoms with van der Waals surface area (Å²) in [5, 5.41) is 0. The van der Waals surface area contributed by atoms with Crippen LogP contribution in [0, 0.1) is 17.8 Å². The van der Waals surface area contributed by atoms with Crippen LogP contribution in [-0.4, -0.2) is 37.2 Å². The predicted octanol–water partition coefficient (Wildman–Crippen LogP) is 14.0. The first-order valence-electron chi connectivity index (χ1n) is 22.6. The van der Waals surface area contributed by atoms with Gasteiger partial charge in [-0.3, -0.25) is 14.4 Å². The van der Waals surface area contributed by atoms with Gasteiger partial charge >= 0.3 is 17.9 Å². The van der Waals surface area contributed by atoms with E-state index in [4.69, 9.17) is 14.2 Å². The molecule has 1 unspecified atom stereocenters. The van der Waals surface area contributed by atoms with E-state index in [0.717, 1.165) is 75.5 Å². The molecule has 0 saturated carbocycles. The number of ether oxygens (including phenoxy) is 3. The highest BCUT2D eigenvalue weighted by molar-refractivity contribution is 5.71.